The third-order valence-electron chi connectivity index (χ3n) is 6.51. The van der Waals surface area contributed by atoms with Crippen LogP contribution < -0.4 is 0 Å². The van der Waals surface area contributed by atoms with Gasteiger partial charge in [-0.15, -0.1) is 0 Å². The molecular formula is C27H18ClN3O. The summed E-state index contributed by atoms with van der Waals surface area (Å²) in [6.45, 7) is 0. The van der Waals surface area contributed by atoms with Crippen molar-refractivity contribution < 1.29 is 4.79 Å². The summed E-state index contributed by atoms with van der Waals surface area (Å²) in [5.41, 5.74) is 1.45. The molecule has 2 heterocycles. The van der Waals surface area contributed by atoms with E-state index in [1.807, 2.05) is 71.8 Å². The van der Waals surface area contributed by atoms with E-state index in [1.165, 1.54) is 0 Å². The molecule has 154 valence electrons. The van der Waals surface area contributed by atoms with E-state index in [-0.39, 0.29) is 5.78 Å². The number of hydrogen-bond acceptors (Lipinski definition) is 4. The van der Waals surface area contributed by atoms with E-state index in [1.54, 1.807) is 24.3 Å². The summed E-state index contributed by atoms with van der Waals surface area (Å²) in [4.78, 5) is 15.8. The molecular weight excluding hydrogens is 418 g/mol. The molecule has 5 heteroatoms. The third-order valence-corrected chi connectivity index (χ3v) is 6.86. The molecule has 0 aliphatic carbocycles. The van der Waals surface area contributed by atoms with E-state index in [9.17, 15) is 15.3 Å². The lowest BCUT2D eigenvalue weighted by Crippen LogP contribution is -2.37. The van der Waals surface area contributed by atoms with Crippen LogP contribution in [-0.4, -0.2) is 16.7 Å². The van der Waals surface area contributed by atoms with E-state index in [4.69, 9.17) is 11.6 Å². The Bertz CT molecular complexity index is 1300. The predicted octanol–water partition coefficient (Wildman–Crippen LogP) is 5.75. The predicted molar refractivity (Wildman–Crippen MR) is 122 cm³/mol. The van der Waals surface area contributed by atoms with Gasteiger partial charge in [-0.1, -0.05) is 84.4 Å². The minimum Gasteiger partial charge on any atom is -0.357 e. The largest absolute Gasteiger partial charge is 0.357 e. The zero-order chi connectivity index (χ0) is 22.3. The van der Waals surface area contributed by atoms with Crippen LogP contribution in [0.1, 0.15) is 39.0 Å². The molecule has 3 atom stereocenters. The van der Waals surface area contributed by atoms with Gasteiger partial charge in [0.05, 0.1) is 18.2 Å². The quantitative estimate of drug-likeness (QED) is 0.491. The van der Waals surface area contributed by atoms with Gasteiger partial charge in [-0.25, -0.2) is 0 Å². The lowest BCUT2D eigenvalue weighted by Gasteiger charge is -2.34. The van der Waals surface area contributed by atoms with E-state index in [0.29, 0.717) is 16.1 Å². The lowest BCUT2D eigenvalue weighted by atomic mass is 9.67. The first-order valence-corrected chi connectivity index (χ1v) is 10.7. The molecule has 0 saturated carbocycles. The number of carbonyl (C=O) groups is 1. The van der Waals surface area contributed by atoms with Crippen LogP contribution in [0.15, 0.2) is 85.1 Å². The Morgan fingerprint density at radius 3 is 2.19 bits per heavy atom. The molecule has 0 radical (unpaired) electrons. The van der Waals surface area contributed by atoms with Gasteiger partial charge < -0.3 is 4.90 Å². The molecule has 0 amide bonds. The van der Waals surface area contributed by atoms with E-state index < -0.39 is 23.4 Å². The first kappa shape index (κ1) is 20.1. The maximum Gasteiger partial charge on any atom is 0.185 e. The summed E-state index contributed by atoms with van der Waals surface area (Å²) in [5, 5.41) is 21.4. The summed E-state index contributed by atoms with van der Waals surface area (Å²) in [5.74, 6) is -0.878. The molecule has 4 nitrogen and oxygen atoms in total. The first-order valence-electron chi connectivity index (χ1n) is 10.3. The molecule has 2 aliphatic rings. The SMILES string of the molecule is N#CC1(C#N)[C@@H](c2ccccc2Cl)[C@H](C(=O)c2ccccc2)N2C=Cc3ccccc3[C@@H]21. The van der Waals surface area contributed by atoms with Crippen molar-refractivity contribution in [1.82, 2.24) is 4.90 Å². The number of rotatable bonds is 3. The first-order chi connectivity index (χ1) is 15.6. The van der Waals surface area contributed by atoms with Crippen LogP contribution in [0.25, 0.3) is 6.08 Å². The summed E-state index contributed by atoms with van der Waals surface area (Å²) in [6, 6.07) is 27.2. The fourth-order valence-electron chi connectivity index (χ4n) is 5.14. The van der Waals surface area contributed by atoms with E-state index >= 15 is 0 Å². The lowest BCUT2D eigenvalue weighted by molar-refractivity contribution is 0.0875. The molecule has 3 aromatic rings. The van der Waals surface area contributed by atoms with Gasteiger partial charge in [-0.05, 0) is 28.8 Å². The van der Waals surface area contributed by atoms with Crippen molar-refractivity contribution >= 4 is 23.5 Å². The second-order valence-corrected chi connectivity index (χ2v) is 8.47. The molecule has 0 N–H and O–H groups in total. The summed E-state index contributed by atoms with van der Waals surface area (Å²) < 4.78 is 0. The monoisotopic (exact) mass is 435 g/mol. The highest BCUT2D eigenvalue weighted by atomic mass is 35.5. The topological polar surface area (TPSA) is 67.9 Å². The summed E-state index contributed by atoms with van der Waals surface area (Å²) >= 11 is 6.59. The molecule has 1 fully saturated rings. The molecule has 32 heavy (non-hydrogen) atoms. The van der Waals surface area contributed by atoms with E-state index in [0.717, 1.165) is 11.1 Å². The van der Waals surface area contributed by atoms with Crippen molar-refractivity contribution in [3.8, 4) is 12.1 Å². The molecule has 5 rings (SSSR count). The third kappa shape index (κ3) is 2.78. The molecule has 0 bridgehead atoms. The van der Waals surface area contributed by atoms with Crippen LogP contribution in [-0.2, 0) is 0 Å². The molecule has 3 aromatic carbocycles. The molecule has 0 aromatic heterocycles. The normalized spacial score (nSPS) is 22.3. The molecule has 1 saturated heterocycles. The van der Waals surface area contributed by atoms with Gasteiger partial charge in [-0.2, -0.15) is 10.5 Å². The summed E-state index contributed by atoms with van der Waals surface area (Å²) in [7, 11) is 0. The second kappa shape index (κ2) is 7.68. The number of nitriles is 2. The van der Waals surface area contributed by atoms with Crippen molar-refractivity contribution in [3.05, 3.63) is 112 Å². The van der Waals surface area contributed by atoms with Crippen LogP contribution in [0.4, 0.5) is 0 Å². The number of carbonyl (C=O) groups excluding carboxylic acids is 1. The fourth-order valence-corrected chi connectivity index (χ4v) is 5.39. The average Bonchev–Trinajstić information content (AvgIpc) is 3.15. The Morgan fingerprint density at radius 1 is 0.875 bits per heavy atom. The Labute approximate surface area is 191 Å². The van der Waals surface area contributed by atoms with Crippen LogP contribution in [0.2, 0.25) is 5.02 Å². The molecule has 0 spiro atoms. The fraction of sp³-hybridized carbons (Fsp3) is 0.148. The van der Waals surface area contributed by atoms with Gasteiger partial charge in [-0.3, -0.25) is 4.79 Å². The van der Waals surface area contributed by atoms with Gasteiger partial charge in [0.2, 0.25) is 0 Å². The second-order valence-electron chi connectivity index (χ2n) is 8.06. The van der Waals surface area contributed by atoms with Gasteiger partial charge in [0.25, 0.3) is 0 Å². The smallest absolute Gasteiger partial charge is 0.185 e. The number of fused-ring (bicyclic) bond motifs is 3. The number of benzene rings is 3. The van der Waals surface area contributed by atoms with Gasteiger partial charge in [0, 0.05) is 22.7 Å². The highest BCUT2D eigenvalue weighted by Gasteiger charge is 2.64. The number of hydrogen-bond donors (Lipinski definition) is 0. The van der Waals surface area contributed by atoms with Crippen LogP contribution in [0.5, 0.6) is 0 Å². The maximum absolute atomic E-state index is 13.9. The maximum atomic E-state index is 13.9. The number of ketones is 1. The zero-order valence-corrected chi connectivity index (χ0v) is 17.8. The standard InChI is InChI=1S/C27H18ClN3O/c28-22-13-7-6-12-21(22)23-24(25(32)19-9-2-1-3-10-19)31-15-14-18-8-4-5-11-20(18)26(31)27(23,16-29)17-30/h1-15,23-24,26H/t23-,24+,26+/m0/s1. The average molecular weight is 436 g/mol. The number of Topliss-reactive ketones (excluding diaryl/α,β-unsaturated/α-hetero) is 1. The Morgan fingerprint density at radius 2 is 1.50 bits per heavy atom. The highest BCUT2D eigenvalue weighted by Crippen LogP contribution is 2.60. The van der Waals surface area contributed by atoms with Gasteiger partial charge in [0.15, 0.2) is 11.2 Å². The zero-order valence-electron chi connectivity index (χ0n) is 17.0. The number of nitrogens with zero attached hydrogens (tertiary/aromatic N) is 3. The van der Waals surface area contributed by atoms with E-state index in [2.05, 4.69) is 12.1 Å². The highest BCUT2D eigenvalue weighted by molar-refractivity contribution is 6.31. The Kier molecular flexibility index (Phi) is 4.82. The van der Waals surface area contributed by atoms with Crippen molar-refractivity contribution in [2.75, 3.05) is 0 Å². The minimum atomic E-state index is -1.51. The Balaban J connectivity index is 1.80. The Hall–Kier alpha value is -3.86. The van der Waals surface area contributed by atoms with Crippen molar-refractivity contribution in [3.63, 3.8) is 0 Å². The van der Waals surface area contributed by atoms with Crippen molar-refractivity contribution in [2.24, 2.45) is 5.41 Å². The minimum absolute atomic E-state index is 0.142. The summed E-state index contributed by atoms with van der Waals surface area (Å²) in [6.07, 6.45) is 3.78. The number of halogens is 1. The van der Waals surface area contributed by atoms with Crippen molar-refractivity contribution in [2.45, 2.75) is 18.0 Å². The van der Waals surface area contributed by atoms with Gasteiger partial charge in [0.1, 0.15) is 6.04 Å². The van der Waals surface area contributed by atoms with Crippen LogP contribution in [0.3, 0.4) is 0 Å². The molecule has 0 unspecified atom stereocenters. The van der Waals surface area contributed by atoms with Crippen molar-refractivity contribution in [1.29, 1.82) is 10.5 Å². The van der Waals surface area contributed by atoms with Gasteiger partial charge >= 0.3 is 0 Å². The van der Waals surface area contributed by atoms with Crippen LogP contribution >= 0.6 is 11.6 Å². The van der Waals surface area contributed by atoms with Crippen LogP contribution in [0, 0.1) is 28.1 Å². The molecule has 2 aliphatic heterocycles.